The van der Waals surface area contributed by atoms with Crippen molar-refractivity contribution in [3.05, 3.63) is 119 Å². The van der Waals surface area contributed by atoms with Crippen LogP contribution in [0.25, 0.3) is 27.8 Å². The third-order valence-corrected chi connectivity index (χ3v) is 6.44. The predicted molar refractivity (Wildman–Crippen MR) is 116 cm³/mol. The van der Waals surface area contributed by atoms with Gasteiger partial charge in [0, 0.05) is 35.0 Å². The van der Waals surface area contributed by atoms with Gasteiger partial charge in [0.05, 0.1) is 5.69 Å². The standard InChI is InChI=1S/C27H17NO/c1-2-14-28-22(9-1)19-7-4-8-21-26-20-13-12-17-6-3-5-16-10-11-18(25(20)24(16)17)15-23(26)29-27(19)21/h1-14,24H,15H2. The van der Waals surface area contributed by atoms with E-state index in [4.69, 9.17) is 4.42 Å². The van der Waals surface area contributed by atoms with E-state index in [0.29, 0.717) is 5.92 Å². The van der Waals surface area contributed by atoms with Crippen LogP contribution in [0.3, 0.4) is 0 Å². The molecule has 0 bridgehead atoms. The molecule has 1 aromatic carbocycles. The predicted octanol–water partition coefficient (Wildman–Crippen LogP) is 6.35. The molecule has 2 heteroatoms. The third kappa shape index (κ3) is 1.98. The quantitative estimate of drug-likeness (QED) is 0.498. The zero-order valence-electron chi connectivity index (χ0n) is 15.7. The molecule has 136 valence electrons. The fraction of sp³-hybridized carbons (Fsp3) is 0.0741. The number of aromatic nitrogens is 1. The summed E-state index contributed by atoms with van der Waals surface area (Å²) in [4.78, 5) is 4.56. The molecule has 2 aromatic heterocycles. The molecule has 0 amide bonds. The number of nitrogens with zero attached hydrogens (tertiary/aromatic N) is 1. The van der Waals surface area contributed by atoms with Gasteiger partial charge in [0.25, 0.3) is 0 Å². The van der Waals surface area contributed by atoms with Gasteiger partial charge in [-0.3, -0.25) is 4.98 Å². The summed E-state index contributed by atoms with van der Waals surface area (Å²) in [5.74, 6) is 1.42. The molecule has 7 rings (SSSR count). The number of rotatable bonds is 1. The van der Waals surface area contributed by atoms with Gasteiger partial charge >= 0.3 is 0 Å². The molecule has 0 aliphatic heterocycles. The van der Waals surface area contributed by atoms with E-state index < -0.39 is 0 Å². The fourth-order valence-corrected chi connectivity index (χ4v) is 5.22. The Morgan fingerprint density at radius 3 is 2.79 bits per heavy atom. The van der Waals surface area contributed by atoms with Crippen LogP contribution in [-0.2, 0) is 6.42 Å². The maximum absolute atomic E-state index is 6.51. The highest BCUT2D eigenvalue weighted by atomic mass is 16.3. The fourth-order valence-electron chi connectivity index (χ4n) is 5.22. The lowest BCUT2D eigenvalue weighted by molar-refractivity contribution is 0.557. The highest BCUT2D eigenvalue weighted by molar-refractivity contribution is 6.04. The van der Waals surface area contributed by atoms with Crippen LogP contribution in [0.2, 0.25) is 0 Å². The first-order valence-corrected chi connectivity index (χ1v) is 10.1. The Kier molecular flexibility index (Phi) is 2.87. The largest absolute Gasteiger partial charge is 0.459 e. The van der Waals surface area contributed by atoms with Crippen molar-refractivity contribution in [2.24, 2.45) is 5.92 Å². The van der Waals surface area contributed by atoms with E-state index in [1.807, 2.05) is 24.4 Å². The van der Waals surface area contributed by atoms with Gasteiger partial charge < -0.3 is 4.42 Å². The maximum atomic E-state index is 6.51. The molecule has 2 heterocycles. The first-order chi connectivity index (χ1) is 14.4. The van der Waals surface area contributed by atoms with Crippen LogP contribution in [-0.4, -0.2) is 4.98 Å². The monoisotopic (exact) mass is 371 g/mol. The minimum Gasteiger partial charge on any atom is -0.459 e. The van der Waals surface area contributed by atoms with Gasteiger partial charge in [-0.15, -0.1) is 0 Å². The Morgan fingerprint density at radius 2 is 1.86 bits per heavy atom. The van der Waals surface area contributed by atoms with E-state index in [0.717, 1.165) is 29.0 Å². The number of allylic oxidation sites excluding steroid dienone is 12. The molecule has 0 spiro atoms. The zero-order valence-corrected chi connectivity index (χ0v) is 15.7. The van der Waals surface area contributed by atoms with Gasteiger partial charge in [-0.25, -0.2) is 0 Å². The normalized spacial score (nSPS) is 20.8. The van der Waals surface area contributed by atoms with Crippen LogP contribution in [0.4, 0.5) is 0 Å². The average Bonchev–Trinajstić information content (AvgIpc) is 3.16. The van der Waals surface area contributed by atoms with E-state index in [9.17, 15) is 0 Å². The minimum atomic E-state index is 0.358. The maximum Gasteiger partial charge on any atom is 0.144 e. The molecular weight excluding hydrogens is 354 g/mol. The molecule has 0 radical (unpaired) electrons. The van der Waals surface area contributed by atoms with E-state index in [-0.39, 0.29) is 0 Å². The second-order valence-corrected chi connectivity index (χ2v) is 7.95. The summed E-state index contributed by atoms with van der Waals surface area (Å²) < 4.78 is 6.51. The lowest BCUT2D eigenvalue weighted by Gasteiger charge is -2.36. The molecule has 3 aromatic rings. The summed E-state index contributed by atoms with van der Waals surface area (Å²) >= 11 is 0. The van der Waals surface area contributed by atoms with Crippen LogP contribution in [0, 0.1) is 5.92 Å². The van der Waals surface area contributed by atoms with Crippen molar-refractivity contribution in [1.82, 2.24) is 4.98 Å². The molecule has 1 atom stereocenters. The summed E-state index contributed by atoms with van der Waals surface area (Å²) in [6.07, 6.45) is 18.4. The van der Waals surface area contributed by atoms with Crippen LogP contribution < -0.4 is 0 Å². The van der Waals surface area contributed by atoms with Gasteiger partial charge in [0.15, 0.2) is 0 Å². The summed E-state index contributed by atoms with van der Waals surface area (Å²) in [6, 6.07) is 12.4. The average molecular weight is 371 g/mol. The van der Waals surface area contributed by atoms with Crippen molar-refractivity contribution in [2.75, 3.05) is 0 Å². The van der Waals surface area contributed by atoms with Crippen LogP contribution in [0.1, 0.15) is 11.3 Å². The number of hydrogen-bond donors (Lipinski definition) is 0. The van der Waals surface area contributed by atoms with E-state index >= 15 is 0 Å². The Hall–Kier alpha value is -3.65. The smallest absolute Gasteiger partial charge is 0.144 e. The van der Waals surface area contributed by atoms with Gasteiger partial charge in [0.1, 0.15) is 11.3 Å². The van der Waals surface area contributed by atoms with E-state index in [2.05, 4.69) is 65.7 Å². The van der Waals surface area contributed by atoms with Crippen LogP contribution in [0.15, 0.2) is 112 Å². The lowest BCUT2D eigenvalue weighted by Crippen LogP contribution is -2.22. The number of hydrogen-bond acceptors (Lipinski definition) is 2. The third-order valence-electron chi connectivity index (χ3n) is 6.44. The van der Waals surface area contributed by atoms with Crippen molar-refractivity contribution in [3.63, 3.8) is 0 Å². The molecule has 1 unspecified atom stereocenters. The minimum absolute atomic E-state index is 0.358. The molecule has 0 saturated carbocycles. The zero-order chi connectivity index (χ0) is 18.9. The molecule has 4 aliphatic rings. The molecule has 0 saturated heterocycles. The Morgan fingerprint density at radius 1 is 0.897 bits per heavy atom. The lowest BCUT2D eigenvalue weighted by atomic mass is 9.67. The molecule has 2 nitrogen and oxygen atoms in total. The SMILES string of the molecule is C1=CC2=CC=C3Cc4oc5c(-c6ccccn6)cccc5c4C4=C3C2C(=C1)C=C4. The molecular formula is C27H17NO. The Labute approximate surface area is 168 Å². The van der Waals surface area contributed by atoms with Crippen molar-refractivity contribution < 1.29 is 4.42 Å². The van der Waals surface area contributed by atoms with Gasteiger partial charge in [-0.05, 0) is 46.1 Å². The summed E-state index contributed by atoms with van der Waals surface area (Å²) in [5, 5.41) is 1.18. The van der Waals surface area contributed by atoms with Crippen molar-refractivity contribution in [1.29, 1.82) is 0 Å². The second kappa shape index (κ2) is 5.45. The van der Waals surface area contributed by atoms with E-state index in [1.165, 1.54) is 38.8 Å². The first-order valence-electron chi connectivity index (χ1n) is 10.1. The van der Waals surface area contributed by atoms with Crippen molar-refractivity contribution in [2.45, 2.75) is 6.42 Å². The molecule has 0 N–H and O–H groups in total. The van der Waals surface area contributed by atoms with Gasteiger partial charge in [-0.1, -0.05) is 60.7 Å². The Balaban J connectivity index is 1.52. The van der Waals surface area contributed by atoms with Crippen LogP contribution in [0.5, 0.6) is 0 Å². The number of pyridine rings is 1. The second-order valence-electron chi connectivity index (χ2n) is 7.95. The topological polar surface area (TPSA) is 26.0 Å². The van der Waals surface area contributed by atoms with Crippen molar-refractivity contribution in [3.8, 4) is 11.3 Å². The molecule has 29 heavy (non-hydrogen) atoms. The molecule has 4 aliphatic carbocycles. The van der Waals surface area contributed by atoms with Gasteiger partial charge in [-0.2, -0.15) is 0 Å². The highest BCUT2D eigenvalue weighted by Crippen LogP contribution is 2.52. The van der Waals surface area contributed by atoms with E-state index in [1.54, 1.807) is 0 Å². The summed E-state index contributed by atoms with van der Waals surface area (Å²) in [5.41, 5.74) is 11.1. The van der Waals surface area contributed by atoms with Crippen molar-refractivity contribution >= 4 is 16.5 Å². The van der Waals surface area contributed by atoms with Gasteiger partial charge in [0.2, 0.25) is 0 Å². The van der Waals surface area contributed by atoms with Crippen LogP contribution >= 0.6 is 0 Å². The number of para-hydroxylation sites is 1. The summed E-state index contributed by atoms with van der Waals surface area (Å²) in [6.45, 7) is 0. The highest BCUT2D eigenvalue weighted by Gasteiger charge is 2.37. The first kappa shape index (κ1) is 15.3. The summed E-state index contributed by atoms with van der Waals surface area (Å²) in [7, 11) is 0. The number of furan rings is 1. The number of fused-ring (bicyclic) bond motifs is 4. The Bertz CT molecular complexity index is 1400. The number of benzene rings is 1. The molecule has 0 fully saturated rings.